The predicted molar refractivity (Wildman–Crippen MR) is 119 cm³/mol. The smallest absolute Gasteiger partial charge is 0.234 e. The van der Waals surface area contributed by atoms with Crippen molar-refractivity contribution in [2.75, 3.05) is 17.7 Å². The fourth-order valence-electron chi connectivity index (χ4n) is 2.95. The van der Waals surface area contributed by atoms with Gasteiger partial charge in [0.1, 0.15) is 6.61 Å². The zero-order valence-corrected chi connectivity index (χ0v) is 18.4. The van der Waals surface area contributed by atoms with Crippen LogP contribution in [0.25, 0.3) is 0 Å². The molecule has 0 fully saturated rings. The summed E-state index contributed by atoms with van der Waals surface area (Å²) in [6.07, 6.45) is 1.37. The van der Waals surface area contributed by atoms with Crippen molar-refractivity contribution >= 4 is 39.3 Å². The van der Waals surface area contributed by atoms with E-state index in [4.69, 9.17) is 9.47 Å². The van der Waals surface area contributed by atoms with Crippen molar-refractivity contribution in [3.8, 4) is 11.5 Å². The highest BCUT2D eigenvalue weighted by Gasteiger charge is 2.28. The van der Waals surface area contributed by atoms with E-state index in [0.717, 1.165) is 10.2 Å². The molecule has 2 aromatic carbocycles. The largest absolute Gasteiger partial charge is 0.485 e. The number of hydrogen-bond donors (Lipinski definition) is 1. The van der Waals surface area contributed by atoms with Gasteiger partial charge in [-0.1, -0.05) is 45.9 Å². The Morgan fingerprint density at radius 3 is 2.77 bits per heavy atom. The van der Waals surface area contributed by atoms with E-state index in [1.54, 1.807) is 6.08 Å². The summed E-state index contributed by atoms with van der Waals surface area (Å²) >= 11 is 4.69. The van der Waals surface area contributed by atoms with Crippen molar-refractivity contribution in [3.05, 3.63) is 71.5 Å². The minimum Gasteiger partial charge on any atom is -0.485 e. The predicted octanol–water partition coefficient (Wildman–Crippen LogP) is 4.47. The van der Waals surface area contributed by atoms with Crippen molar-refractivity contribution in [3.63, 3.8) is 0 Å². The molecule has 1 amide bonds. The number of nitrogens with one attached hydrogen (secondary N) is 1. The summed E-state index contributed by atoms with van der Waals surface area (Å²) < 4.78 is 14.7. The lowest BCUT2D eigenvalue weighted by Crippen LogP contribution is -2.25. The van der Waals surface area contributed by atoms with Crippen LogP contribution in [-0.2, 0) is 11.3 Å². The Morgan fingerprint density at radius 2 is 2.00 bits per heavy atom. The van der Waals surface area contributed by atoms with Crippen molar-refractivity contribution in [1.82, 2.24) is 14.8 Å². The van der Waals surface area contributed by atoms with E-state index in [1.807, 2.05) is 53.1 Å². The van der Waals surface area contributed by atoms with Gasteiger partial charge in [-0.15, -0.1) is 16.8 Å². The topological polar surface area (TPSA) is 78.3 Å². The molecule has 1 unspecified atom stereocenters. The number of rotatable bonds is 7. The first kappa shape index (κ1) is 20.5. The zero-order valence-electron chi connectivity index (χ0n) is 16.0. The van der Waals surface area contributed by atoms with Gasteiger partial charge >= 0.3 is 0 Å². The fourth-order valence-corrected chi connectivity index (χ4v) is 3.97. The van der Waals surface area contributed by atoms with Gasteiger partial charge in [-0.2, -0.15) is 0 Å². The molecule has 1 aromatic heterocycles. The van der Waals surface area contributed by atoms with Crippen LogP contribution in [0.5, 0.6) is 11.5 Å². The molecule has 0 spiro atoms. The number of anilines is 1. The van der Waals surface area contributed by atoms with Gasteiger partial charge in [-0.3, -0.25) is 9.36 Å². The number of fused-ring (bicyclic) bond motifs is 1. The average molecular weight is 487 g/mol. The van der Waals surface area contributed by atoms with Crippen molar-refractivity contribution in [1.29, 1.82) is 0 Å². The number of para-hydroxylation sites is 2. The van der Waals surface area contributed by atoms with E-state index in [1.165, 1.54) is 11.8 Å². The summed E-state index contributed by atoms with van der Waals surface area (Å²) in [5, 5.41) is 12.1. The van der Waals surface area contributed by atoms with Gasteiger partial charge in [0, 0.05) is 16.7 Å². The number of nitrogens with zero attached hydrogens (tertiary/aromatic N) is 3. The van der Waals surface area contributed by atoms with Crippen LogP contribution in [-0.4, -0.2) is 33.0 Å². The molecule has 1 N–H and O–H groups in total. The normalized spacial score (nSPS) is 14.9. The third kappa shape index (κ3) is 4.68. The second kappa shape index (κ2) is 9.36. The molecular weight excluding hydrogens is 468 g/mol. The zero-order chi connectivity index (χ0) is 20.9. The maximum atomic E-state index is 12.3. The lowest BCUT2D eigenvalue weighted by atomic mass is 10.2. The summed E-state index contributed by atoms with van der Waals surface area (Å²) in [6.45, 7) is 4.65. The molecule has 0 saturated heterocycles. The van der Waals surface area contributed by atoms with Crippen LogP contribution in [0.15, 0.2) is 70.8 Å². The van der Waals surface area contributed by atoms with E-state index in [2.05, 4.69) is 38.0 Å². The summed E-state index contributed by atoms with van der Waals surface area (Å²) in [6, 6.07) is 14.9. The first-order chi connectivity index (χ1) is 14.6. The van der Waals surface area contributed by atoms with Crippen LogP contribution < -0.4 is 14.8 Å². The van der Waals surface area contributed by atoms with Crippen molar-refractivity contribution in [2.24, 2.45) is 0 Å². The molecule has 154 valence electrons. The Balaban J connectivity index is 1.44. The van der Waals surface area contributed by atoms with Gasteiger partial charge in [-0.05, 0) is 36.4 Å². The van der Waals surface area contributed by atoms with Crippen molar-refractivity contribution in [2.45, 2.75) is 17.8 Å². The minimum atomic E-state index is -0.390. The number of hydrogen-bond acceptors (Lipinski definition) is 6. The molecule has 9 heteroatoms. The van der Waals surface area contributed by atoms with Crippen LogP contribution in [0.2, 0.25) is 0 Å². The molecule has 1 aliphatic heterocycles. The van der Waals surface area contributed by atoms with E-state index in [9.17, 15) is 4.79 Å². The summed E-state index contributed by atoms with van der Waals surface area (Å²) in [5.74, 6) is 2.10. The average Bonchev–Trinajstić information content (AvgIpc) is 3.16. The van der Waals surface area contributed by atoms with Gasteiger partial charge in [0.05, 0.1) is 5.75 Å². The lowest BCUT2D eigenvalue weighted by Gasteiger charge is -2.26. The number of halogens is 1. The van der Waals surface area contributed by atoms with Crippen LogP contribution in [0.3, 0.4) is 0 Å². The number of thioether (sulfide) groups is 1. The SMILES string of the molecule is C=CCn1c(SCC(=O)Nc2ccc(Br)cc2)nnc1C1COc2ccccc2O1. The number of carbonyl (C=O) groups is 1. The number of ether oxygens (including phenoxy) is 2. The Morgan fingerprint density at radius 1 is 1.23 bits per heavy atom. The highest BCUT2D eigenvalue weighted by atomic mass is 79.9. The second-order valence-electron chi connectivity index (χ2n) is 6.45. The molecule has 3 aromatic rings. The van der Waals surface area contributed by atoms with Crippen LogP contribution in [0.4, 0.5) is 5.69 Å². The lowest BCUT2D eigenvalue weighted by molar-refractivity contribution is -0.113. The second-order valence-corrected chi connectivity index (χ2v) is 8.31. The van der Waals surface area contributed by atoms with Gasteiger partial charge in [0.25, 0.3) is 0 Å². The van der Waals surface area contributed by atoms with Crippen LogP contribution in [0, 0.1) is 0 Å². The Kier molecular flexibility index (Phi) is 6.39. The maximum absolute atomic E-state index is 12.3. The molecule has 1 aliphatic rings. The fraction of sp³-hybridized carbons (Fsp3) is 0.190. The molecule has 2 heterocycles. The van der Waals surface area contributed by atoms with Crippen LogP contribution in [0.1, 0.15) is 11.9 Å². The molecule has 0 saturated carbocycles. The summed E-state index contributed by atoms with van der Waals surface area (Å²) in [7, 11) is 0. The van der Waals surface area contributed by atoms with Gasteiger partial charge in [0.2, 0.25) is 5.91 Å². The quantitative estimate of drug-likeness (QED) is 0.392. The summed E-state index contributed by atoms with van der Waals surface area (Å²) in [4.78, 5) is 12.3. The third-order valence-corrected chi connectivity index (χ3v) is 5.81. The molecule has 4 rings (SSSR count). The van der Waals surface area contributed by atoms with Crippen molar-refractivity contribution < 1.29 is 14.3 Å². The Hall–Kier alpha value is -2.78. The number of amides is 1. The minimum absolute atomic E-state index is 0.122. The monoisotopic (exact) mass is 486 g/mol. The van der Waals surface area contributed by atoms with E-state index in [-0.39, 0.29) is 11.7 Å². The molecular formula is C21H19BrN4O3S. The van der Waals surface area contributed by atoms with E-state index < -0.39 is 6.10 Å². The third-order valence-electron chi connectivity index (χ3n) is 4.31. The standard InChI is InChI=1S/C21H19BrN4O3S/c1-2-11-26-20(18-12-28-16-5-3-4-6-17(16)29-18)24-25-21(26)30-13-19(27)23-15-9-7-14(22)8-10-15/h2-10,18H,1,11-13H2,(H,23,27). The Bertz CT molecular complexity index is 1050. The summed E-state index contributed by atoms with van der Waals surface area (Å²) in [5.41, 5.74) is 0.739. The Labute approximate surface area is 186 Å². The highest BCUT2D eigenvalue weighted by Crippen LogP contribution is 2.36. The molecule has 0 aliphatic carbocycles. The van der Waals surface area contributed by atoms with E-state index in [0.29, 0.717) is 35.6 Å². The molecule has 0 bridgehead atoms. The van der Waals surface area contributed by atoms with E-state index >= 15 is 0 Å². The number of carbonyl (C=O) groups excluding carboxylic acids is 1. The number of aromatic nitrogens is 3. The van der Waals surface area contributed by atoms with Gasteiger partial charge in [0.15, 0.2) is 28.6 Å². The highest BCUT2D eigenvalue weighted by molar-refractivity contribution is 9.10. The molecule has 30 heavy (non-hydrogen) atoms. The molecule has 7 nitrogen and oxygen atoms in total. The maximum Gasteiger partial charge on any atom is 0.234 e. The van der Waals surface area contributed by atoms with Gasteiger partial charge < -0.3 is 14.8 Å². The number of allylic oxidation sites excluding steroid dienone is 1. The first-order valence-corrected chi connectivity index (χ1v) is 11.0. The number of benzene rings is 2. The van der Waals surface area contributed by atoms with Gasteiger partial charge in [-0.25, -0.2) is 0 Å². The molecule has 1 atom stereocenters. The van der Waals surface area contributed by atoms with Crippen LogP contribution >= 0.6 is 27.7 Å². The molecule has 0 radical (unpaired) electrons. The first-order valence-electron chi connectivity index (χ1n) is 9.24.